The molecule has 0 unspecified atom stereocenters. The van der Waals surface area contributed by atoms with Crippen molar-refractivity contribution in [3.05, 3.63) is 52.5 Å². The molecule has 0 bridgehead atoms. The van der Waals surface area contributed by atoms with Gasteiger partial charge in [-0.25, -0.2) is 8.42 Å². The van der Waals surface area contributed by atoms with Crippen molar-refractivity contribution in [1.29, 1.82) is 0 Å². The van der Waals surface area contributed by atoms with Crippen LogP contribution in [0.2, 0.25) is 0 Å². The highest BCUT2D eigenvalue weighted by molar-refractivity contribution is 9.10. The summed E-state index contributed by atoms with van der Waals surface area (Å²) < 4.78 is 39.5. The van der Waals surface area contributed by atoms with Gasteiger partial charge in [-0.1, -0.05) is 27.7 Å². The third-order valence-electron chi connectivity index (χ3n) is 5.89. The largest absolute Gasteiger partial charge is 0.379 e. The number of rotatable bonds is 9. The van der Waals surface area contributed by atoms with Crippen LogP contribution in [0.25, 0.3) is 0 Å². The predicted octanol–water partition coefficient (Wildman–Crippen LogP) is 3.07. The Bertz CT molecular complexity index is 1100. The molecule has 2 aromatic rings. The number of carbonyl (C=O) groups is 1. The molecule has 35 heavy (non-hydrogen) atoms. The molecule has 2 aliphatic heterocycles. The Labute approximate surface area is 219 Å². The lowest BCUT2D eigenvalue weighted by Crippen LogP contribution is -2.40. The van der Waals surface area contributed by atoms with Gasteiger partial charge in [0, 0.05) is 47.0 Å². The highest BCUT2D eigenvalue weighted by Crippen LogP contribution is 2.33. The Morgan fingerprint density at radius 2 is 1.63 bits per heavy atom. The first-order chi connectivity index (χ1) is 16.9. The van der Waals surface area contributed by atoms with Crippen LogP contribution in [0.1, 0.15) is 16.8 Å². The second-order valence-corrected chi connectivity index (χ2v) is 12.3. The quantitative estimate of drug-likeness (QED) is 0.454. The summed E-state index contributed by atoms with van der Waals surface area (Å²) in [5, 5.41) is 2.99. The molecule has 0 aromatic heterocycles. The van der Waals surface area contributed by atoms with Crippen molar-refractivity contribution in [2.45, 2.75) is 21.1 Å². The van der Waals surface area contributed by atoms with Gasteiger partial charge < -0.3 is 14.8 Å². The van der Waals surface area contributed by atoms with E-state index in [0.29, 0.717) is 43.3 Å². The zero-order valence-corrected chi connectivity index (χ0v) is 22.7. The zero-order valence-electron chi connectivity index (χ0n) is 19.4. The van der Waals surface area contributed by atoms with Crippen LogP contribution in [-0.2, 0) is 19.5 Å². The maximum atomic E-state index is 13.2. The first-order valence-corrected chi connectivity index (χ1v) is 14.7. The number of ether oxygens (including phenoxy) is 2. The number of morpholine rings is 2. The molecule has 0 saturated carbocycles. The van der Waals surface area contributed by atoms with Crippen molar-refractivity contribution in [1.82, 2.24) is 14.5 Å². The van der Waals surface area contributed by atoms with Crippen LogP contribution in [0.4, 0.5) is 0 Å². The van der Waals surface area contributed by atoms with Gasteiger partial charge in [-0.05, 0) is 55.4 Å². The Morgan fingerprint density at radius 3 is 2.31 bits per heavy atom. The van der Waals surface area contributed by atoms with Gasteiger partial charge in [0.05, 0.1) is 36.9 Å². The van der Waals surface area contributed by atoms with E-state index >= 15 is 0 Å². The first-order valence-electron chi connectivity index (χ1n) is 11.7. The summed E-state index contributed by atoms with van der Waals surface area (Å²) in [7, 11) is -3.71. The van der Waals surface area contributed by atoms with E-state index in [9.17, 15) is 13.2 Å². The van der Waals surface area contributed by atoms with Crippen molar-refractivity contribution in [3.63, 3.8) is 0 Å². The Hall–Kier alpha value is -1.47. The summed E-state index contributed by atoms with van der Waals surface area (Å²) in [4.78, 5) is 17.3. The van der Waals surface area contributed by atoms with Gasteiger partial charge in [0.1, 0.15) is 0 Å². The number of carbonyl (C=O) groups excluding carboxylic acids is 1. The summed E-state index contributed by atoms with van der Waals surface area (Å²) in [5.41, 5.74) is 0.360. The number of sulfonamides is 1. The van der Waals surface area contributed by atoms with Crippen molar-refractivity contribution in [3.8, 4) is 0 Å². The molecule has 2 aromatic carbocycles. The van der Waals surface area contributed by atoms with E-state index in [-0.39, 0.29) is 10.8 Å². The Morgan fingerprint density at radius 1 is 0.971 bits per heavy atom. The molecule has 2 heterocycles. The van der Waals surface area contributed by atoms with Crippen LogP contribution in [-0.4, -0.2) is 89.2 Å². The fourth-order valence-corrected chi connectivity index (χ4v) is 6.55. The van der Waals surface area contributed by atoms with E-state index in [1.165, 1.54) is 22.1 Å². The number of amides is 1. The SMILES string of the molecule is O=C(NCCCN1CCOCC1)c1cc(S(=O)(=O)N2CCOCC2)ccc1Sc1ccc(Br)cc1. The summed E-state index contributed by atoms with van der Waals surface area (Å²) in [5.74, 6) is -0.273. The molecule has 190 valence electrons. The van der Waals surface area contributed by atoms with Gasteiger partial charge in [-0.3, -0.25) is 9.69 Å². The van der Waals surface area contributed by atoms with Crippen LogP contribution in [0.3, 0.4) is 0 Å². The van der Waals surface area contributed by atoms with Crippen LogP contribution < -0.4 is 5.32 Å². The summed E-state index contributed by atoms with van der Waals surface area (Å²) >= 11 is 4.87. The number of benzene rings is 2. The molecule has 0 aliphatic carbocycles. The van der Waals surface area contributed by atoms with E-state index < -0.39 is 10.0 Å². The Kier molecular flexibility index (Phi) is 9.62. The van der Waals surface area contributed by atoms with Crippen molar-refractivity contribution < 1.29 is 22.7 Å². The number of nitrogens with one attached hydrogen (secondary N) is 1. The van der Waals surface area contributed by atoms with E-state index in [1.807, 2.05) is 24.3 Å². The standard InChI is InChI=1S/C24H30BrN3O5S2/c25-19-2-4-20(5-3-19)34-23-7-6-21(35(30,31)28-12-16-33-17-13-28)18-22(23)24(29)26-8-1-9-27-10-14-32-15-11-27/h2-7,18H,1,8-17H2,(H,26,29). The molecule has 2 saturated heterocycles. The minimum absolute atomic E-state index is 0.123. The lowest BCUT2D eigenvalue weighted by molar-refractivity contribution is 0.0374. The second-order valence-electron chi connectivity index (χ2n) is 8.29. The minimum Gasteiger partial charge on any atom is -0.379 e. The molecule has 0 spiro atoms. The van der Waals surface area contributed by atoms with Gasteiger partial charge >= 0.3 is 0 Å². The molecular weight excluding hydrogens is 554 g/mol. The van der Waals surface area contributed by atoms with Gasteiger partial charge in [0.15, 0.2) is 0 Å². The third kappa shape index (κ3) is 7.28. The average Bonchev–Trinajstić information content (AvgIpc) is 2.89. The van der Waals surface area contributed by atoms with Crippen LogP contribution in [0.5, 0.6) is 0 Å². The lowest BCUT2D eigenvalue weighted by Gasteiger charge is -2.26. The highest BCUT2D eigenvalue weighted by Gasteiger charge is 2.28. The van der Waals surface area contributed by atoms with Crippen LogP contribution in [0, 0.1) is 0 Å². The highest BCUT2D eigenvalue weighted by atomic mass is 79.9. The topological polar surface area (TPSA) is 88.2 Å². The molecule has 2 fully saturated rings. The molecule has 1 N–H and O–H groups in total. The van der Waals surface area contributed by atoms with Crippen molar-refractivity contribution in [2.24, 2.45) is 0 Å². The Balaban J connectivity index is 1.51. The van der Waals surface area contributed by atoms with E-state index in [2.05, 4.69) is 26.1 Å². The average molecular weight is 585 g/mol. The number of nitrogens with zero attached hydrogens (tertiary/aromatic N) is 2. The maximum absolute atomic E-state index is 13.2. The van der Waals surface area contributed by atoms with Crippen molar-refractivity contribution >= 4 is 43.6 Å². The molecule has 2 aliphatic rings. The lowest BCUT2D eigenvalue weighted by atomic mass is 10.2. The van der Waals surface area contributed by atoms with Crippen LogP contribution >= 0.6 is 27.7 Å². The number of halogens is 1. The monoisotopic (exact) mass is 583 g/mol. The zero-order chi connectivity index (χ0) is 24.7. The van der Waals surface area contributed by atoms with Gasteiger partial charge in [0.2, 0.25) is 10.0 Å². The molecular formula is C24H30BrN3O5S2. The fourth-order valence-electron chi connectivity index (χ4n) is 3.93. The molecule has 0 radical (unpaired) electrons. The van der Waals surface area contributed by atoms with Gasteiger partial charge in [-0.15, -0.1) is 0 Å². The van der Waals surface area contributed by atoms with Crippen LogP contribution in [0.15, 0.2) is 61.6 Å². The maximum Gasteiger partial charge on any atom is 0.252 e. The number of hydrogen-bond donors (Lipinski definition) is 1. The van der Waals surface area contributed by atoms with E-state index in [0.717, 1.165) is 48.6 Å². The smallest absolute Gasteiger partial charge is 0.252 e. The fraction of sp³-hybridized carbons (Fsp3) is 0.458. The molecule has 1 amide bonds. The van der Waals surface area contributed by atoms with Gasteiger partial charge in [-0.2, -0.15) is 4.31 Å². The van der Waals surface area contributed by atoms with E-state index in [4.69, 9.17) is 9.47 Å². The summed E-state index contributed by atoms with van der Waals surface area (Å²) in [6.45, 7) is 6.05. The number of hydrogen-bond acceptors (Lipinski definition) is 7. The molecule has 11 heteroatoms. The molecule has 0 atom stereocenters. The van der Waals surface area contributed by atoms with E-state index in [1.54, 1.807) is 12.1 Å². The summed E-state index contributed by atoms with van der Waals surface area (Å²) in [6.07, 6.45) is 0.812. The van der Waals surface area contributed by atoms with Gasteiger partial charge in [0.25, 0.3) is 5.91 Å². The first kappa shape index (κ1) is 26.6. The molecule has 8 nitrogen and oxygen atoms in total. The van der Waals surface area contributed by atoms with Crippen molar-refractivity contribution in [2.75, 3.05) is 65.7 Å². The second kappa shape index (κ2) is 12.7. The predicted molar refractivity (Wildman–Crippen MR) is 138 cm³/mol. The minimum atomic E-state index is -3.71. The normalized spacial score (nSPS) is 17.9. The summed E-state index contributed by atoms with van der Waals surface area (Å²) in [6, 6.07) is 12.6. The third-order valence-corrected chi connectivity index (χ3v) is 9.39. The molecule has 4 rings (SSSR count).